The number of hydrogen-bond donors (Lipinski definition) is 0. The van der Waals surface area contributed by atoms with Crippen LogP contribution in [0.25, 0.3) is 0 Å². The van der Waals surface area contributed by atoms with Crippen molar-refractivity contribution >= 4 is 5.97 Å². The third-order valence-corrected chi connectivity index (χ3v) is 2.08. The molecule has 14 heavy (non-hydrogen) atoms. The van der Waals surface area contributed by atoms with Gasteiger partial charge in [-0.15, -0.1) is 0 Å². The van der Waals surface area contributed by atoms with Gasteiger partial charge in [0.15, 0.2) is 0 Å². The third-order valence-electron chi connectivity index (χ3n) is 2.08. The van der Waals surface area contributed by atoms with E-state index in [1.807, 2.05) is 6.92 Å². The Labute approximate surface area is 82.7 Å². The predicted octanol–water partition coefficient (Wildman–Crippen LogP) is 2.62. The zero-order valence-corrected chi connectivity index (χ0v) is 8.56. The Bertz CT molecular complexity index is 359. The molecule has 0 radical (unpaired) electrons. The summed E-state index contributed by atoms with van der Waals surface area (Å²) in [5.41, 5.74) is 1.72. The minimum Gasteiger partial charge on any atom is -0.462 e. The molecule has 0 aliphatic rings. The zero-order chi connectivity index (χ0) is 10.7. The fourth-order valence-corrected chi connectivity index (χ4v) is 1.15. The highest BCUT2D eigenvalue weighted by Gasteiger charge is 2.13. The summed E-state index contributed by atoms with van der Waals surface area (Å²) in [5.74, 6) is -1.13. The number of carbonyl (C=O) groups is 1. The Morgan fingerprint density at radius 2 is 1.93 bits per heavy atom. The monoisotopic (exact) mass is 196 g/mol. The third kappa shape index (κ3) is 2.10. The molecule has 0 bridgehead atoms. The van der Waals surface area contributed by atoms with Crippen molar-refractivity contribution < 1.29 is 13.9 Å². The van der Waals surface area contributed by atoms with E-state index in [2.05, 4.69) is 0 Å². The molecule has 0 aliphatic carbocycles. The van der Waals surface area contributed by atoms with Crippen molar-refractivity contribution in [2.45, 2.75) is 20.8 Å². The molecule has 0 atom stereocenters. The van der Waals surface area contributed by atoms with Crippen molar-refractivity contribution in [3.63, 3.8) is 0 Å². The van der Waals surface area contributed by atoms with Crippen LogP contribution in [0.5, 0.6) is 0 Å². The van der Waals surface area contributed by atoms with E-state index in [0.29, 0.717) is 0 Å². The van der Waals surface area contributed by atoms with Gasteiger partial charge in [-0.3, -0.25) is 0 Å². The summed E-state index contributed by atoms with van der Waals surface area (Å²) in [6.07, 6.45) is 0. The van der Waals surface area contributed by atoms with Gasteiger partial charge in [0.2, 0.25) is 0 Å². The smallest absolute Gasteiger partial charge is 0.341 e. The van der Waals surface area contributed by atoms with Gasteiger partial charge in [-0.2, -0.15) is 0 Å². The largest absolute Gasteiger partial charge is 0.462 e. The number of rotatable bonds is 2. The molecule has 0 heterocycles. The van der Waals surface area contributed by atoms with Crippen LogP contribution in [0.2, 0.25) is 0 Å². The molecular weight excluding hydrogens is 183 g/mol. The first kappa shape index (κ1) is 10.7. The maximum Gasteiger partial charge on any atom is 0.341 e. The van der Waals surface area contributed by atoms with Crippen LogP contribution < -0.4 is 0 Å². The fourth-order valence-electron chi connectivity index (χ4n) is 1.15. The Hall–Kier alpha value is -1.38. The summed E-state index contributed by atoms with van der Waals surface area (Å²) in [4.78, 5) is 11.3. The van der Waals surface area contributed by atoms with Gasteiger partial charge < -0.3 is 4.74 Å². The highest BCUT2D eigenvalue weighted by molar-refractivity contribution is 5.90. The van der Waals surface area contributed by atoms with Crippen LogP contribution in [0.3, 0.4) is 0 Å². The van der Waals surface area contributed by atoms with Crippen LogP contribution in [0.15, 0.2) is 12.1 Å². The maximum atomic E-state index is 13.3. The van der Waals surface area contributed by atoms with E-state index in [-0.39, 0.29) is 12.2 Å². The van der Waals surface area contributed by atoms with E-state index in [9.17, 15) is 9.18 Å². The van der Waals surface area contributed by atoms with E-state index < -0.39 is 11.8 Å². The lowest BCUT2D eigenvalue weighted by molar-refractivity contribution is 0.0521. The Morgan fingerprint density at radius 1 is 1.36 bits per heavy atom. The van der Waals surface area contributed by atoms with Crippen molar-refractivity contribution in [1.82, 2.24) is 0 Å². The van der Waals surface area contributed by atoms with Crippen LogP contribution in [-0.4, -0.2) is 12.6 Å². The number of aryl methyl sites for hydroxylation is 2. The lowest BCUT2D eigenvalue weighted by Crippen LogP contribution is -2.08. The molecule has 0 aliphatic heterocycles. The van der Waals surface area contributed by atoms with Gasteiger partial charge in [0.25, 0.3) is 0 Å². The molecule has 1 rings (SSSR count). The van der Waals surface area contributed by atoms with Crippen molar-refractivity contribution in [1.29, 1.82) is 0 Å². The van der Waals surface area contributed by atoms with E-state index in [1.165, 1.54) is 12.1 Å². The molecule has 0 fully saturated rings. The summed E-state index contributed by atoms with van der Waals surface area (Å²) in [6.45, 7) is 5.58. The van der Waals surface area contributed by atoms with Crippen molar-refractivity contribution in [2.75, 3.05) is 6.61 Å². The van der Waals surface area contributed by atoms with Crippen LogP contribution in [-0.2, 0) is 4.74 Å². The van der Waals surface area contributed by atoms with Gasteiger partial charge >= 0.3 is 5.97 Å². The quantitative estimate of drug-likeness (QED) is 0.679. The number of carbonyl (C=O) groups excluding carboxylic acids is 1. The Balaban J connectivity index is 3.09. The second-order valence-electron chi connectivity index (χ2n) is 3.14. The summed E-state index contributed by atoms with van der Waals surface area (Å²) >= 11 is 0. The van der Waals surface area contributed by atoms with Gasteiger partial charge in [0.1, 0.15) is 5.82 Å². The topological polar surface area (TPSA) is 26.3 Å². The van der Waals surface area contributed by atoms with Crippen LogP contribution >= 0.6 is 0 Å². The maximum absolute atomic E-state index is 13.3. The van der Waals surface area contributed by atoms with E-state index >= 15 is 0 Å². The van der Waals surface area contributed by atoms with Crippen LogP contribution in [0.1, 0.15) is 28.4 Å². The molecular formula is C11H13FO2. The first-order valence-corrected chi connectivity index (χ1v) is 4.50. The Morgan fingerprint density at radius 3 is 2.50 bits per heavy atom. The Kier molecular flexibility index (Phi) is 3.23. The lowest BCUT2D eigenvalue weighted by Gasteiger charge is -2.06. The second kappa shape index (κ2) is 4.22. The predicted molar refractivity (Wildman–Crippen MR) is 51.8 cm³/mol. The highest BCUT2D eigenvalue weighted by atomic mass is 19.1. The standard InChI is InChI=1S/C11H13FO2/c1-4-14-11(13)9-5-7(2)8(3)6-10(9)12/h5-6H,4H2,1-3H3. The molecule has 0 N–H and O–H groups in total. The van der Waals surface area contributed by atoms with Crippen LogP contribution in [0.4, 0.5) is 4.39 Å². The number of esters is 1. The molecule has 0 saturated carbocycles. The summed E-state index contributed by atoms with van der Waals surface area (Å²) in [5, 5.41) is 0. The fraction of sp³-hybridized carbons (Fsp3) is 0.364. The second-order valence-corrected chi connectivity index (χ2v) is 3.14. The lowest BCUT2D eigenvalue weighted by atomic mass is 10.1. The van der Waals surface area contributed by atoms with Crippen molar-refractivity contribution in [3.8, 4) is 0 Å². The van der Waals surface area contributed by atoms with E-state index in [1.54, 1.807) is 13.8 Å². The molecule has 3 heteroatoms. The van der Waals surface area contributed by atoms with Gasteiger partial charge in [-0.1, -0.05) is 0 Å². The van der Waals surface area contributed by atoms with Gasteiger partial charge in [-0.25, -0.2) is 9.18 Å². The highest BCUT2D eigenvalue weighted by Crippen LogP contribution is 2.15. The molecule has 0 spiro atoms. The van der Waals surface area contributed by atoms with E-state index in [4.69, 9.17) is 4.74 Å². The van der Waals surface area contributed by atoms with Crippen molar-refractivity contribution in [2.24, 2.45) is 0 Å². The normalized spacial score (nSPS) is 10.0. The first-order valence-electron chi connectivity index (χ1n) is 4.50. The first-order chi connectivity index (χ1) is 6.56. The van der Waals surface area contributed by atoms with E-state index in [0.717, 1.165) is 11.1 Å². The molecule has 1 aromatic rings. The molecule has 76 valence electrons. The molecule has 0 saturated heterocycles. The van der Waals surface area contributed by atoms with Gasteiger partial charge in [0, 0.05) is 0 Å². The van der Waals surface area contributed by atoms with Crippen LogP contribution in [0, 0.1) is 19.7 Å². The summed E-state index contributed by atoms with van der Waals surface area (Å²) in [6, 6.07) is 2.87. The number of benzene rings is 1. The minimum absolute atomic E-state index is 0.00921. The average Bonchev–Trinajstić information content (AvgIpc) is 2.11. The number of hydrogen-bond acceptors (Lipinski definition) is 2. The average molecular weight is 196 g/mol. The number of halogens is 1. The summed E-state index contributed by atoms with van der Waals surface area (Å²) < 4.78 is 18.0. The molecule has 0 amide bonds. The summed E-state index contributed by atoms with van der Waals surface area (Å²) in [7, 11) is 0. The zero-order valence-electron chi connectivity index (χ0n) is 8.56. The molecule has 0 unspecified atom stereocenters. The van der Waals surface area contributed by atoms with Gasteiger partial charge in [-0.05, 0) is 44.0 Å². The molecule has 0 aromatic heterocycles. The van der Waals surface area contributed by atoms with Gasteiger partial charge in [0.05, 0.1) is 12.2 Å². The number of ether oxygens (including phenoxy) is 1. The molecule has 1 aromatic carbocycles. The molecule has 2 nitrogen and oxygen atoms in total. The minimum atomic E-state index is -0.604. The SMILES string of the molecule is CCOC(=O)c1cc(C)c(C)cc1F. The van der Waals surface area contributed by atoms with Crippen molar-refractivity contribution in [3.05, 3.63) is 34.6 Å².